The summed E-state index contributed by atoms with van der Waals surface area (Å²) < 4.78 is 10.3. The number of amides is 1. The molecule has 2 rings (SSSR count). The highest BCUT2D eigenvalue weighted by atomic mass is 35.5. The van der Waals surface area contributed by atoms with E-state index in [9.17, 15) is 9.59 Å². The highest BCUT2D eigenvalue weighted by molar-refractivity contribution is 6.31. The number of ether oxygens (including phenoxy) is 2. The van der Waals surface area contributed by atoms with Gasteiger partial charge in [-0.05, 0) is 30.7 Å². The third kappa shape index (κ3) is 6.15. The second kappa shape index (κ2) is 10.4. The van der Waals surface area contributed by atoms with Gasteiger partial charge in [0.25, 0.3) is 0 Å². The summed E-state index contributed by atoms with van der Waals surface area (Å²) in [5.41, 5.74) is 1.44. The Hall–Kier alpha value is -2.79. The minimum atomic E-state index is -0.592. The predicted molar refractivity (Wildman–Crippen MR) is 106 cm³/mol. The van der Waals surface area contributed by atoms with Crippen LogP contribution in [0.5, 0.6) is 5.75 Å². The van der Waals surface area contributed by atoms with Gasteiger partial charge < -0.3 is 14.8 Å². The van der Waals surface area contributed by atoms with E-state index in [1.54, 1.807) is 30.3 Å². The summed E-state index contributed by atoms with van der Waals surface area (Å²) in [7, 11) is 1.30. The summed E-state index contributed by atoms with van der Waals surface area (Å²) in [6.45, 7) is 2.43. The first-order valence-corrected chi connectivity index (χ1v) is 8.94. The molecule has 0 aromatic heterocycles. The molecule has 2 aromatic carbocycles. The molecule has 0 radical (unpaired) electrons. The third-order valence-electron chi connectivity index (χ3n) is 3.83. The number of hydrogen-bond donors (Lipinski definition) is 1. The Balaban J connectivity index is 2.16. The van der Waals surface area contributed by atoms with E-state index < -0.39 is 12.0 Å². The van der Waals surface area contributed by atoms with Gasteiger partial charge in [-0.3, -0.25) is 9.59 Å². The molecule has 1 unspecified atom stereocenters. The zero-order valence-corrected chi connectivity index (χ0v) is 16.0. The molecule has 0 saturated carbocycles. The number of para-hydroxylation sites is 1. The molecule has 0 saturated heterocycles. The van der Waals surface area contributed by atoms with Crippen molar-refractivity contribution < 1.29 is 19.1 Å². The number of benzene rings is 2. The van der Waals surface area contributed by atoms with Crippen molar-refractivity contribution in [1.29, 1.82) is 0 Å². The molecule has 5 nitrogen and oxygen atoms in total. The lowest BCUT2D eigenvalue weighted by atomic mass is 10.0. The number of hydrogen-bond acceptors (Lipinski definition) is 4. The predicted octanol–water partition coefficient (Wildman–Crippen LogP) is 4.17. The van der Waals surface area contributed by atoms with Gasteiger partial charge in [0.15, 0.2) is 0 Å². The van der Waals surface area contributed by atoms with Crippen LogP contribution >= 0.6 is 11.6 Å². The van der Waals surface area contributed by atoms with E-state index in [4.69, 9.17) is 21.1 Å². The van der Waals surface area contributed by atoms with Crippen molar-refractivity contribution in [1.82, 2.24) is 5.32 Å². The Morgan fingerprint density at radius 3 is 2.56 bits per heavy atom. The van der Waals surface area contributed by atoms with E-state index in [0.29, 0.717) is 22.9 Å². The van der Waals surface area contributed by atoms with Crippen LogP contribution in [0.2, 0.25) is 5.02 Å². The molecule has 6 heteroatoms. The molecule has 2 aromatic rings. The van der Waals surface area contributed by atoms with Crippen LogP contribution in [0.4, 0.5) is 0 Å². The summed E-state index contributed by atoms with van der Waals surface area (Å²) >= 11 is 6.22. The van der Waals surface area contributed by atoms with Gasteiger partial charge in [0.1, 0.15) is 5.75 Å². The van der Waals surface area contributed by atoms with E-state index in [2.05, 4.69) is 5.32 Å². The quantitative estimate of drug-likeness (QED) is 0.545. The van der Waals surface area contributed by atoms with Crippen molar-refractivity contribution in [2.75, 3.05) is 13.7 Å². The molecule has 0 bridgehead atoms. The fourth-order valence-electron chi connectivity index (χ4n) is 2.54. The van der Waals surface area contributed by atoms with Crippen LogP contribution in [0, 0.1) is 0 Å². The van der Waals surface area contributed by atoms with Gasteiger partial charge in [-0.2, -0.15) is 0 Å². The lowest BCUT2D eigenvalue weighted by molar-refractivity contribution is -0.141. The Morgan fingerprint density at radius 2 is 1.85 bits per heavy atom. The van der Waals surface area contributed by atoms with E-state index in [0.717, 1.165) is 5.56 Å². The summed E-state index contributed by atoms with van der Waals surface area (Å²) in [6.07, 6.45) is 3.05. The van der Waals surface area contributed by atoms with Gasteiger partial charge in [0, 0.05) is 16.7 Å². The van der Waals surface area contributed by atoms with Crippen molar-refractivity contribution in [2.45, 2.75) is 19.4 Å². The monoisotopic (exact) mass is 387 g/mol. The largest absolute Gasteiger partial charge is 0.493 e. The van der Waals surface area contributed by atoms with Gasteiger partial charge in [-0.1, -0.05) is 48.0 Å². The van der Waals surface area contributed by atoms with Crippen LogP contribution in [0.25, 0.3) is 6.08 Å². The first-order chi connectivity index (χ1) is 13.0. The molecular formula is C21H22ClNO4. The second-order valence-corrected chi connectivity index (χ2v) is 6.07. The molecule has 0 spiro atoms. The lowest BCUT2D eigenvalue weighted by Crippen LogP contribution is -2.29. The maximum Gasteiger partial charge on any atom is 0.307 e. The molecule has 27 heavy (non-hydrogen) atoms. The molecule has 142 valence electrons. The Kier molecular flexibility index (Phi) is 7.89. The van der Waals surface area contributed by atoms with Crippen molar-refractivity contribution >= 4 is 29.6 Å². The normalized spacial score (nSPS) is 11.8. The maximum atomic E-state index is 12.4. The SMILES string of the molecule is CCOc1ccccc1/C=C/C(=O)NC(CC(=O)OC)c1ccccc1Cl. The number of methoxy groups -OCH3 is 1. The number of rotatable bonds is 8. The number of esters is 1. The number of carbonyl (C=O) groups excluding carboxylic acids is 2. The van der Waals surface area contributed by atoms with E-state index in [-0.39, 0.29) is 12.3 Å². The van der Waals surface area contributed by atoms with E-state index >= 15 is 0 Å². The molecule has 0 heterocycles. The standard InChI is InChI=1S/C21H22ClNO4/c1-3-27-19-11-7-4-8-15(19)12-13-20(24)23-18(14-21(25)26-2)16-9-5-6-10-17(16)22/h4-13,18H,3,14H2,1-2H3,(H,23,24)/b13-12+. The van der Waals surface area contributed by atoms with Crippen molar-refractivity contribution in [3.05, 3.63) is 70.8 Å². The van der Waals surface area contributed by atoms with Crippen LogP contribution in [0.1, 0.15) is 30.5 Å². The van der Waals surface area contributed by atoms with Crippen molar-refractivity contribution in [3.63, 3.8) is 0 Å². The van der Waals surface area contributed by atoms with Crippen LogP contribution < -0.4 is 10.1 Å². The summed E-state index contributed by atoms with van der Waals surface area (Å²) in [5, 5.41) is 3.28. The maximum absolute atomic E-state index is 12.4. The smallest absolute Gasteiger partial charge is 0.307 e. The molecular weight excluding hydrogens is 366 g/mol. The van der Waals surface area contributed by atoms with Gasteiger partial charge >= 0.3 is 5.97 Å². The summed E-state index contributed by atoms with van der Waals surface area (Å²) in [6, 6.07) is 13.9. The van der Waals surface area contributed by atoms with Crippen LogP contribution in [-0.2, 0) is 14.3 Å². The fourth-order valence-corrected chi connectivity index (χ4v) is 2.80. The molecule has 1 atom stereocenters. The minimum Gasteiger partial charge on any atom is -0.493 e. The van der Waals surface area contributed by atoms with Gasteiger partial charge in [-0.25, -0.2) is 0 Å². The number of halogens is 1. The number of nitrogens with one attached hydrogen (secondary N) is 1. The van der Waals surface area contributed by atoms with Crippen molar-refractivity contribution in [3.8, 4) is 5.75 Å². The molecule has 0 fully saturated rings. The molecule has 1 N–H and O–H groups in total. The zero-order chi connectivity index (χ0) is 19.6. The average molecular weight is 388 g/mol. The first kappa shape index (κ1) is 20.5. The van der Waals surface area contributed by atoms with Crippen LogP contribution in [-0.4, -0.2) is 25.6 Å². The van der Waals surface area contributed by atoms with Gasteiger partial charge in [0.2, 0.25) is 5.91 Å². The van der Waals surface area contributed by atoms with Gasteiger partial charge in [0.05, 0.1) is 26.2 Å². The van der Waals surface area contributed by atoms with E-state index in [1.807, 2.05) is 31.2 Å². The average Bonchev–Trinajstić information content (AvgIpc) is 2.67. The third-order valence-corrected chi connectivity index (χ3v) is 4.17. The van der Waals surface area contributed by atoms with E-state index in [1.165, 1.54) is 13.2 Å². The van der Waals surface area contributed by atoms with Gasteiger partial charge in [-0.15, -0.1) is 0 Å². The Morgan fingerprint density at radius 1 is 1.15 bits per heavy atom. The number of carbonyl (C=O) groups is 2. The zero-order valence-electron chi connectivity index (χ0n) is 15.3. The first-order valence-electron chi connectivity index (χ1n) is 8.56. The molecule has 1 amide bonds. The molecule has 0 aliphatic rings. The Bertz CT molecular complexity index is 819. The molecule has 0 aliphatic heterocycles. The van der Waals surface area contributed by atoms with Crippen LogP contribution in [0.3, 0.4) is 0 Å². The lowest BCUT2D eigenvalue weighted by Gasteiger charge is -2.18. The summed E-state index contributed by atoms with van der Waals surface area (Å²) in [4.78, 5) is 24.1. The topological polar surface area (TPSA) is 64.6 Å². The highest BCUT2D eigenvalue weighted by Gasteiger charge is 2.20. The highest BCUT2D eigenvalue weighted by Crippen LogP contribution is 2.25. The summed E-state index contributed by atoms with van der Waals surface area (Å²) in [5.74, 6) is -0.0951. The second-order valence-electron chi connectivity index (χ2n) is 5.67. The van der Waals surface area contributed by atoms with Crippen LogP contribution in [0.15, 0.2) is 54.6 Å². The van der Waals surface area contributed by atoms with Crippen molar-refractivity contribution in [2.24, 2.45) is 0 Å². The minimum absolute atomic E-state index is 0.0185. The molecule has 0 aliphatic carbocycles. The Labute approximate surface area is 163 Å². The fraction of sp³-hybridized carbons (Fsp3) is 0.238.